The number of rotatable bonds is 3. The molecule has 1 spiro atoms. The minimum atomic E-state index is 0.0356. The fraction of sp³-hybridized carbons (Fsp3) is 0.652. The number of piperidine rings is 1. The van der Waals surface area contributed by atoms with Crippen molar-refractivity contribution in [1.29, 1.82) is 0 Å². The van der Waals surface area contributed by atoms with Crippen molar-refractivity contribution in [2.75, 3.05) is 33.7 Å². The summed E-state index contributed by atoms with van der Waals surface area (Å²) in [5, 5.41) is 0. The van der Waals surface area contributed by atoms with E-state index in [0.717, 1.165) is 51.4 Å². The number of amides is 2. The van der Waals surface area contributed by atoms with Crippen molar-refractivity contribution in [2.24, 2.45) is 0 Å². The van der Waals surface area contributed by atoms with Gasteiger partial charge in [0.25, 0.3) is 0 Å². The average Bonchev–Trinajstić information content (AvgIpc) is 3.24. The van der Waals surface area contributed by atoms with Crippen LogP contribution in [0.1, 0.15) is 59.7 Å². The Morgan fingerprint density at radius 3 is 2.50 bits per heavy atom. The summed E-state index contributed by atoms with van der Waals surface area (Å²) in [6.45, 7) is 13.4. The van der Waals surface area contributed by atoms with E-state index < -0.39 is 0 Å². The molecule has 0 N–H and O–H groups in total. The largest absolute Gasteiger partial charge is 0.331 e. The third-order valence-electron chi connectivity index (χ3n) is 6.65. The van der Waals surface area contributed by atoms with Gasteiger partial charge in [-0.25, -0.2) is 9.78 Å². The Morgan fingerprint density at radius 2 is 1.93 bits per heavy atom. The van der Waals surface area contributed by atoms with Gasteiger partial charge in [-0.2, -0.15) is 0 Å². The van der Waals surface area contributed by atoms with Gasteiger partial charge in [-0.05, 0) is 52.7 Å². The van der Waals surface area contributed by atoms with Crippen LogP contribution in [-0.2, 0) is 18.5 Å². The predicted octanol–water partition coefficient (Wildman–Crippen LogP) is 4.17. The maximum Gasteiger partial charge on any atom is 0.319 e. The summed E-state index contributed by atoms with van der Waals surface area (Å²) in [7, 11) is 3.67. The number of urea groups is 1. The van der Waals surface area contributed by atoms with E-state index in [0.29, 0.717) is 6.04 Å². The number of hydrogen-bond donors (Lipinski definition) is 0. The first-order valence-electron chi connectivity index (χ1n) is 11.0. The first-order chi connectivity index (χ1) is 14.2. The topological polar surface area (TPSA) is 44.6 Å². The Hall–Kier alpha value is -1.86. The molecule has 30 heavy (non-hydrogen) atoms. The van der Waals surface area contributed by atoms with E-state index in [1.54, 1.807) is 4.90 Å². The van der Waals surface area contributed by atoms with Gasteiger partial charge >= 0.3 is 6.03 Å². The Balaban J connectivity index is 1.66. The van der Waals surface area contributed by atoms with Crippen LogP contribution < -0.4 is 0 Å². The van der Waals surface area contributed by atoms with E-state index in [-0.39, 0.29) is 11.4 Å². The molecule has 2 aliphatic rings. The lowest BCUT2D eigenvalue weighted by atomic mass is 9.72. The summed E-state index contributed by atoms with van der Waals surface area (Å²) in [5.74, 6) is 1.12. The van der Waals surface area contributed by atoms with E-state index >= 15 is 0 Å². The summed E-state index contributed by atoms with van der Waals surface area (Å²) in [6.07, 6.45) is 1.96. The molecule has 4 heterocycles. The minimum Gasteiger partial charge on any atom is -0.331 e. The fourth-order valence-corrected chi connectivity index (χ4v) is 6.26. The first kappa shape index (κ1) is 21.4. The summed E-state index contributed by atoms with van der Waals surface area (Å²) in [4.78, 5) is 26.7. The zero-order chi connectivity index (χ0) is 21.6. The lowest BCUT2D eigenvalue weighted by Crippen LogP contribution is -2.54. The average molecular weight is 430 g/mol. The second-order valence-electron chi connectivity index (χ2n) is 9.52. The molecule has 1 saturated heterocycles. The van der Waals surface area contributed by atoms with Crippen molar-refractivity contribution in [3.05, 3.63) is 39.1 Å². The van der Waals surface area contributed by atoms with Crippen LogP contribution >= 0.6 is 11.3 Å². The molecule has 6 nitrogen and oxygen atoms in total. The molecule has 2 aromatic rings. The molecule has 0 bridgehead atoms. The van der Waals surface area contributed by atoms with Crippen molar-refractivity contribution in [1.82, 2.24) is 24.3 Å². The van der Waals surface area contributed by atoms with Gasteiger partial charge in [-0.3, -0.25) is 4.90 Å². The molecule has 0 atom stereocenters. The van der Waals surface area contributed by atoms with E-state index in [2.05, 4.69) is 49.3 Å². The first-order valence-corrected chi connectivity index (χ1v) is 11.8. The molecule has 0 aliphatic carbocycles. The van der Waals surface area contributed by atoms with Crippen LogP contribution in [0.15, 0.2) is 12.1 Å². The highest BCUT2D eigenvalue weighted by Crippen LogP contribution is 2.43. The fourth-order valence-electron chi connectivity index (χ4n) is 5.33. The Labute approximate surface area is 184 Å². The van der Waals surface area contributed by atoms with Crippen molar-refractivity contribution in [3.8, 4) is 0 Å². The molecule has 0 saturated carbocycles. The number of thiophene rings is 1. The molecule has 0 unspecified atom stereocenters. The van der Waals surface area contributed by atoms with Crippen molar-refractivity contribution >= 4 is 17.4 Å². The molecular weight excluding hydrogens is 394 g/mol. The smallest absolute Gasteiger partial charge is 0.319 e. The highest BCUT2D eigenvalue weighted by Gasteiger charge is 2.46. The van der Waals surface area contributed by atoms with E-state index in [1.165, 1.54) is 21.1 Å². The van der Waals surface area contributed by atoms with Gasteiger partial charge in [0.15, 0.2) is 0 Å². The van der Waals surface area contributed by atoms with E-state index in [1.807, 2.05) is 30.3 Å². The van der Waals surface area contributed by atoms with Crippen molar-refractivity contribution in [3.63, 3.8) is 0 Å². The minimum absolute atomic E-state index is 0.0356. The van der Waals surface area contributed by atoms with Crippen LogP contribution in [0.4, 0.5) is 4.79 Å². The van der Waals surface area contributed by atoms with Crippen LogP contribution in [0.3, 0.4) is 0 Å². The number of hydrogen-bond acceptors (Lipinski definition) is 4. The Kier molecular flexibility index (Phi) is 5.70. The summed E-state index contributed by atoms with van der Waals surface area (Å²) in [5.41, 5.74) is 2.71. The second-order valence-corrected chi connectivity index (χ2v) is 10.9. The highest BCUT2D eigenvalue weighted by molar-refractivity contribution is 7.11. The molecular formula is C23H35N5OS. The summed E-state index contributed by atoms with van der Waals surface area (Å²) >= 11 is 1.90. The van der Waals surface area contributed by atoms with E-state index in [9.17, 15) is 4.79 Å². The number of imidazole rings is 1. The van der Waals surface area contributed by atoms with Crippen LogP contribution in [-0.4, -0.2) is 64.0 Å². The third kappa shape index (κ3) is 3.78. The summed E-state index contributed by atoms with van der Waals surface area (Å²) < 4.78 is 2.43. The number of fused-ring (bicyclic) bond motifs is 2. The maximum absolute atomic E-state index is 12.5. The molecule has 7 heteroatoms. The molecule has 2 aliphatic heterocycles. The standard InChI is InChI=1S/C23H35N5OS/c1-16(2)28-18(4)24-21-20(28)14-26(13-19-8-7-17(3)30-19)15-23(21)9-11-27(12-10-23)22(29)25(5)6/h7-8,16H,9-15H2,1-6H3. The molecule has 0 aromatic carbocycles. The molecule has 1 fully saturated rings. The number of carbonyl (C=O) groups excluding carboxylic acids is 1. The predicted molar refractivity (Wildman–Crippen MR) is 122 cm³/mol. The van der Waals surface area contributed by atoms with Gasteiger partial charge in [0, 0.05) is 68.0 Å². The number of aromatic nitrogens is 2. The molecule has 2 amide bonds. The normalized spacial score (nSPS) is 18.8. The molecule has 164 valence electrons. The number of aryl methyl sites for hydroxylation is 2. The quantitative estimate of drug-likeness (QED) is 0.735. The monoisotopic (exact) mass is 429 g/mol. The van der Waals surface area contributed by atoms with Crippen molar-refractivity contribution < 1.29 is 4.79 Å². The number of carbonyl (C=O) groups is 1. The molecule has 2 aromatic heterocycles. The lowest BCUT2D eigenvalue weighted by Gasteiger charge is -2.47. The highest BCUT2D eigenvalue weighted by atomic mass is 32.1. The van der Waals surface area contributed by atoms with Gasteiger partial charge in [0.2, 0.25) is 0 Å². The Morgan fingerprint density at radius 1 is 1.23 bits per heavy atom. The van der Waals surface area contributed by atoms with Gasteiger partial charge in [-0.1, -0.05) is 0 Å². The number of likely N-dealkylation sites (tertiary alicyclic amines) is 1. The lowest BCUT2D eigenvalue weighted by molar-refractivity contribution is 0.0919. The van der Waals surface area contributed by atoms with Crippen LogP contribution in [0, 0.1) is 13.8 Å². The van der Waals surface area contributed by atoms with Gasteiger partial charge in [0.05, 0.1) is 11.4 Å². The molecule has 4 rings (SSSR count). The van der Waals surface area contributed by atoms with Gasteiger partial charge < -0.3 is 14.4 Å². The van der Waals surface area contributed by atoms with Crippen LogP contribution in [0.25, 0.3) is 0 Å². The molecule has 0 radical (unpaired) electrons. The zero-order valence-electron chi connectivity index (χ0n) is 19.2. The SMILES string of the molecule is Cc1ccc(CN2Cc3c(nc(C)n3C(C)C)C3(CCN(C(=O)N(C)C)CC3)C2)s1. The van der Waals surface area contributed by atoms with Gasteiger partial charge in [0.1, 0.15) is 5.82 Å². The zero-order valence-corrected chi connectivity index (χ0v) is 20.1. The third-order valence-corrected chi connectivity index (χ3v) is 7.64. The van der Waals surface area contributed by atoms with E-state index in [4.69, 9.17) is 4.98 Å². The maximum atomic E-state index is 12.5. The van der Waals surface area contributed by atoms with Gasteiger partial charge in [-0.15, -0.1) is 11.3 Å². The Bertz CT molecular complexity index is 920. The summed E-state index contributed by atoms with van der Waals surface area (Å²) in [6, 6.07) is 5.01. The van der Waals surface area contributed by atoms with Crippen molar-refractivity contribution in [2.45, 2.75) is 65.1 Å². The second kappa shape index (κ2) is 8.00. The van der Waals surface area contributed by atoms with Crippen LogP contribution in [0.2, 0.25) is 0 Å². The number of nitrogens with zero attached hydrogens (tertiary/aromatic N) is 5. The van der Waals surface area contributed by atoms with Crippen LogP contribution in [0.5, 0.6) is 0 Å².